The number of hydrogen-bond acceptors (Lipinski definition) is 2. The summed E-state index contributed by atoms with van der Waals surface area (Å²) in [5.74, 6) is 0.0925. The maximum absolute atomic E-state index is 11.1. The van der Waals surface area contributed by atoms with E-state index in [1.54, 1.807) is 7.05 Å². The smallest absolute Gasteiger partial charge is 0.248 e. The van der Waals surface area contributed by atoms with E-state index in [0.717, 1.165) is 6.42 Å². The number of hydroxylamine groups is 2. The fraction of sp³-hybridized carbons (Fsp3) is 0.857. The predicted molar refractivity (Wildman–Crippen MR) is 39.2 cm³/mol. The molecule has 0 aliphatic rings. The van der Waals surface area contributed by atoms with Gasteiger partial charge in [0, 0.05) is 13.0 Å². The normalized spacial score (nSPS) is 12.8. The third-order valence-electron chi connectivity index (χ3n) is 1.62. The first-order valence-electron chi connectivity index (χ1n) is 3.45. The van der Waals surface area contributed by atoms with Gasteiger partial charge in [-0.05, 0) is 6.42 Å². The first kappa shape index (κ1) is 9.43. The topological polar surface area (TPSA) is 29.5 Å². The average Bonchev–Trinajstić information content (AvgIpc) is 2.00. The van der Waals surface area contributed by atoms with Crippen LogP contribution in [0.25, 0.3) is 0 Å². The van der Waals surface area contributed by atoms with E-state index in [1.165, 1.54) is 12.2 Å². The summed E-state index contributed by atoms with van der Waals surface area (Å²) in [6.07, 6.45) is 0.854. The molecule has 0 radical (unpaired) electrons. The molecule has 0 aromatic rings. The second-order valence-electron chi connectivity index (χ2n) is 2.33. The van der Waals surface area contributed by atoms with Crippen LogP contribution in [0.15, 0.2) is 0 Å². The Balaban J connectivity index is 3.82. The monoisotopic (exact) mass is 145 g/mol. The molecule has 10 heavy (non-hydrogen) atoms. The maximum atomic E-state index is 11.1. The van der Waals surface area contributed by atoms with Gasteiger partial charge in [0.2, 0.25) is 5.91 Å². The molecule has 0 N–H and O–H groups in total. The van der Waals surface area contributed by atoms with Gasteiger partial charge in [0.05, 0.1) is 7.11 Å². The van der Waals surface area contributed by atoms with Gasteiger partial charge < -0.3 is 0 Å². The lowest BCUT2D eigenvalue weighted by molar-refractivity contribution is -0.172. The summed E-state index contributed by atoms with van der Waals surface area (Å²) in [4.78, 5) is 15.8. The zero-order valence-corrected chi connectivity index (χ0v) is 7.05. The van der Waals surface area contributed by atoms with Gasteiger partial charge in [-0.3, -0.25) is 9.63 Å². The van der Waals surface area contributed by atoms with Crippen LogP contribution in [0.4, 0.5) is 0 Å². The summed E-state index contributed by atoms with van der Waals surface area (Å²) in [6.45, 7) is 3.86. The Morgan fingerprint density at radius 3 is 2.50 bits per heavy atom. The van der Waals surface area contributed by atoms with E-state index in [-0.39, 0.29) is 11.8 Å². The second kappa shape index (κ2) is 4.28. The molecule has 1 atom stereocenters. The fourth-order valence-electron chi connectivity index (χ4n) is 0.575. The minimum atomic E-state index is 0.0324. The van der Waals surface area contributed by atoms with Crippen molar-refractivity contribution in [3.8, 4) is 0 Å². The van der Waals surface area contributed by atoms with Crippen molar-refractivity contribution in [2.75, 3.05) is 14.2 Å². The lowest BCUT2D eigenvalue weighted by atomic mass is 10.1. The van der Waals surface area contributed by atoms with Crippen molar-refractivity contribution in [2.24, 2.45) is 5.92 Å². The zero-order chi connectivity index (χ0) is 8.15. The first-order chi connectivity index (χ1) is 4.63. The van der Waals surface area contributed by atoms with Crippen LogP contribution in [0, 0.1) is 5.92 Å². The zero-order valence-electron chi connectivity index (χ0n) is 7.05. The standard InChI is InChI=1S/C7H15NO2/c1-5-6(2)7(9)8(3)10-4/h6H,5H2,1-4H3. The Morgan fingerprint density at radius 2 is 2.20 bits per heavy atom. The molecule has 1 amide bonds. The van der Waals surface area contributed by atoms with Crippen LogP contribution in [0.2, 0.25) is 0 Å². The van der Waals surface area contributed by atoms with E-state index in [0.29, 0.717) is 0 Å². The maximum Gasteiger partial charge on any atom is 0.248 e. The highest BCUT2D eigenvalue weighted by Gasteiger charge is 2.14. The van der Waals surface area contributed by atoms with Crippen molar-refractivity contribution in [1.82, 2.24) is 5.06 Å². The molecule has 0 heterocycles. The lowest BCUT2D eigenvalue weighted by Crippen LogP contribution is -2.30. The van der Waals surface area contributed by atoms with Gasteiger partial charge in [0.1, 0.15) is 0 Å². The molecule has 0 aliphatic heterocycles. The van der Waals surface area contributed by atoms with Crippen LogP contribution in [0.3, 0.4) is 0 Å². The van der Waals surface area contributed by atoms with Crippen molar-refractivity contribution < 1.29 is 9.63 Å². The lowest BCUT2D eigenvalue weighted by Gasteiger charge is -2.16. The summed E-state index contributed by atoms with van der Waals surface area (Å²) in [7, 11) is 3.11. The van der Waals surface area contributed by atoms with Crippen LogP contribution >= 0.6 is 0 Å². The summed E-state index contributed by atoms with van der Waals surface area (Å²) >= 11 is 0. The third kappa shape index (κ3) is 2.35. The molecule has 0 aromatic heterocycles. The third-order valence-corrected chi connectivity index (χ3v) is 1.62. The van der Waals surface area contributed by atoms with Crippen molar-refractivity contribution in [1.29, 1.82) is 0 Å². The van der Waals surface area contributed by atoms with E-state index in [4.69, 9.17) is 4.84 Å². The van der Waals surface area contributed by atoms with E-state index in [9.17, 15) is 4.79 Å². The molecule has 3 heteroatoms. The van der Waals surface area contributed by atoms with Crippen molar-refractivity contribution >= 4 is 5.91 Å². The van der Waals surface area contributed by atoms with Gasteiger partial charge in [-0.1, -0.05) is 13.8 Å². The van der Waals surface area contributed by atoms with E-state index >= 15 is 0 Å². The van der Waals surface area contributed by atoms with Gasteiger partial charge in [0.15, 0.2) is 0 Å². The van der Waals surface area contributed by atoms with E-state index in [2.05, 4.69) is 0 Å². The number of hydrogen-bond donors (Lipinski definition) is 0. The summed E-state index contributed by atoms with van der Waals surface area (Å²) in [5, 5.41) is 1.26. The molecule has 1 unspecified atom stereocenters. The molecule has 0 fully saturated rings. The van der Waals surface area contributed by atoms with E-state index < -0.39 is 0 Å². The molecule has 60 valence electrons. The van der Waals surface area contributed by atoms with Crippen molar-refractivity contribution in [3.05, 3.63) is 0 Å². The number of carbonyl (C=O) groups is 1. The number of rotatable bonds is 3. The predicted octanol–water partition coefficient (Wildman–Crippen LogP) is 1.05. The summed E-state index contributed by atoms with van der Waals surface area (Å²) in [5.41, 5.74) is 0. The number of amides is 1. The number of nitrogens with zero attached hydrogens (tertiary/aromatic N) is 1. The molecule has 0 bridgehead atoms. The van der Waals surface area contributed by atoms with Gasteiger partial charge in [-0.2, -0.15) is 0 Å². The Hall–Kier alpha value is -0.570. The Bertz CT molecular complexity index is 102. The first-order valence-corrected chi connectivity index (χ1v) is 3.45. The van der Waals surface area contributed by atoms with Crippen LogP contribution in [0.1, 0.15) is 20.3 Å². The minimum Gasteiger partial charge on any atom is -0.275 e. The highest BCUT2D eigenvalue weighted by Crippen LogP contribution is 2.04. The fourth-order valence-corrected chi connectivity index (χ4v) is 0.575. The van der Waals surface area contributed by atoms with Crippen LogP contribution in [-0.4, -0.2) is 25.1 Å². The average molecular weight is 145 g/mol. The summed E-state index contributed by atoms with van der Waals surface area (Å²) in [6, 6.07) is 0. The molecule has 0 rings (SSSR count). The van der Waals surface area contributed by atoms with Crippen LogP contribution in [0.5, 0.6) is 0 Å². The Kier molecular flexibility index (Phi) is 4.03. The van der Waals surface area contributed by atoms with Gasteiger partial charge in [-0.25, -0.2) is 5.06 Å². The second-order valence-corrected chi connectivity index (χ2v) is 2.33. The highest BCUT2D eigenvalue weighted by atomic mass is 16.7. The Morgan fingerprint density at radius 1 is 1.70 bits per heavy atom. The molecule has 0 aromatic carbocycles. The van der Waals surface area contributed by atoms with Crippen molar-refractivity contribution in [3.63, 3.8) is 0 Å². The minimum absolute atomic E-state index is 0.0324. The molecular formula is C7H15NO2. The number of carbonyl (C=O) groups excluding carboxylic acids is 1. The van der Waals surface area contributed by atoms with Crippen LogP contribution < -0.4 is 0 Å². The van der Waals surface area contributed by atoms with Gasteiger partial charge >= 0.3 is 0 Å². The quantitative estimate of drug-likeness (QED) is 0.555. The largest absolute Gasteiger partial charge is 0.275 e. The molecule has 0 saturated carbocycles. The molecule has 3 nitrogen and oxygen atoms in total. The highest BCUT2D eigenvalue weighted by molar-refractivity contribution is 5.77. The SMILES string of the molecule is CCC(C)C(=O)N(C)OC. The Labute approximate surface area is 61.9 Å². The molecular weight excluding hydrogens is 130 g/mol. The summed E-state index contributed by atoms with van der Waals surface area (Å²) < 4.78 is 0. The molecule has 0 aliphatic carbocycles. The van der Waals surface area contributed by atoms with Crippen LogP contribution in [-0.2, 0) is 9.63 Å². The molecule has 0 saturated heterocycles. The van der Waals surface area contributed by atoms with Crippen molar-refractivity contribution in [2.45, 2.75) is 20.3 Å². The van der Waals surface area contributed by atoms with Gasteiger partial charge in [-0.15, -0.1) is 0 Å². The van der Waals surface area contributed by atoms with E-state index in [1.807, 2.05) is 13.8 Å². The molecule has 0 spiro atoms. The van der Waals surface area contributed by atoms with Gasteiger partial charge in [0.25, 0.3) is 0 Å².